The van der Waals surface area contributed by atoms with E-state index in [0.29, 0.717) is 25.9 Å². The lowest BCUT2D eigenvalue weighted by Gasteiger charge is -2.45. The molecule has 0 aromatic heterocycles. The van der Waals surface area contributed by atoms with Crippen LogP contribution in [0.5, 0.6) is 0 Å². The van der Waals surface area contributed by atoms with Crippen LogP contribution >= 0.6 is 0 Å². The molecular formula is C39H70N4O12. The first-order chi connectivity index (χ1) is 25.6. The van der Waals surface area contributed by atoms with Crippen LogP contribution < -0.4 is 5.32 Å². The van der Waals surface area contributed by atoms with Crippen LogP contribution in [0.3, 0.4) is 0 Å². The third kappa shape index (κ3) is 13.5. The topological polar surface area (TPSA) is 232 Å². The molecule has 0 radical (unpaired) electrons. The van der Waals surface area contributed by atoms with Gasteiger partial charge in [-0.2, -0.15) is 5.26 Å². The molecule has 2 fully saturated rings. The average Bonchev–Trinajstić information content (AvgIpc) is 3.12. The fourth-order valence-corrected chi connectivity index (χ4v) is 8.09. The van der Waals surface area contributed by atoms with Crippen LogP contribution in [0.15, 0.2) is 0 Å². The molecule has 16 heteroatoms. The van der Waals surface area contributed by atoms with Gasteiger partial charge in [-0.15, -0.1) is 0 Å². The molecule has 16 nitrogen and oxygen atoms in total. The molecule has 0 unspecified atom stereocenters. The van der Waals surface area contributed by atoms with Crippen molar-refractivity contribution in [1.29, 1.82) is 5.26 Å². The molecule has 6 N–H and O–H groups in total. The smallest absolute Gasteiger partial charge is 0.325 e. The van der Waals surface area contributed by atoms with Gasteiger partial charge in [-0.1, -0.05) is 27.7 Å². The van der Waals surface area contributed by atoms with Gasteiger partial charge in [-0.25, -0.2) is 4.79 Å². The van der Waals surface area contributed by atoms with E-state index in [1.807, 2.05) is 31.7 Å². The zero-order chi connectivity index (χ0) is 41.8. The van der Waals surface area contributed by atoms with Crippen LogP contribution in [0.25, 0.3) is 0 Å². The van der Waals surface area contributed by atoms with E-state index in [-0.39, 0.29) is 63.4 Å². The lowest BCUT2D eigenvalue weighted by molar-refractivity contribution is -0.298. The minimum Gasteiger partial charge on any atom is -0.465 e. The number of hydrogen-bond donors (Lipinski definition) is 6. The Morgan fingerprint density at radius 2 is 1.71 bits per heavy atom. The lowest BCUT2D eigenvalue weighted by Crippen LogP contribution is -2.59. The number of urea groups is 1. The van der Waals surface area contributed by atoms with Gasteiger partial charge in [0.05, 0.1) is 48.9 Å². The molecule has 2 heterocycles. The van der Waals surface area contributed by atoms with Crippen LogP contribution in [0, 0.1) is 35.0 Å². The van der Waals surface area contributed by atoms with Gasteiger partial charge in [0.15, 0.2) is 6.29 Å². The fraction of sp³-hybridized carbons (Fsp3) is 0.897. The molecule has 318 valence electrons. The molecule has 0 aromatic rings. The third-order valence-electron chi connectivity index (χ3n) is 11.3. The number of aliphatic hydroxyl groups excluding tert-OH is 3. The molecule has 0 saturated carbocycles. The van der Waals surface area contributed by atoms with E-state index in [1.54, 1.807) is 34.6 Å². The Bertz CT molecular complexity index is 1260. The van der Waals surface area contributed by atoms with Gasteiger partial charge in [0.2, 0.25) is 0 Å². The van der Waals surface area contributed by atoms with Crippen LogP contribution in [0.1, 0.15) is 101 Å². The van der Waals surface area contributed by atoms with Gasteiger partial charge in [-0.05, 0) is 79.1 Å². The minimum atomic E-state index is -1.92. The SMILES string of the molecule is CCOC(=O)CNC(=O)N(CCC#N)CCCN1C[C@H](C)C[C@@](C)(O)[C@H](O[C@H]2O[C@@H](C)C[C@@H](C)[C@@H]2O)[C@@H](C)[C@H](O)[C@@H](C)C(=O)O[C@H](CC)[C@@](C)(O)[C@H](O)[C@H]1C. The second kappa shape index (κ2) is 21.8. The molecule has 0 aromatic carbocycles. The summed E-state index contributed by atoms with van der Waals surface area (Å²) in [4.78, 5) is 41.8. The quantitative estimate of drug-likeness (QED) is 0.155. The highest BCUT2D eigenvalue weighted by Crippen LogP contribution is 2.37. The number of rotatable bonds is 12. The number of ether oxygens (including phenoxy) is 4. The number of amides is 2. The highest BCUT2D eigenvalue weighted by molar-refractivity contribution is 5.80. The second-order valence-electron chi connectivity index (χ2n) is 16.3. The predicted octanol–water partition coefficient (Wildman–Crippen LogP) is 1.93. The number of nitrogens with one attached hydrogen (secondary N) is 1. The Hall–Kier alpha value is -2.62. The molecule has 0 bridgehead atoms. The monoisotopic (exact) mass is 786 g/mol. The number of nitriles is 1. The number of carbonyl (C=O) groups is 3. The Morgan fingerprint density at radius 3 is 2.31 bits per heavy atom. The van der Waals surface area contributed by atoms with Crippen molar-refractivity contribution in [2.45, 2.75) is 161 Å². The Balaban J connectivity index is 2.50. The number of carbonyl (C=O) groups excluding carboxylic acids is 3. The number of cyclic esters (lactones) is 1. The minimum absolute atomic E-state index is 0.0630. The van der Waals surface area contributed by atoms with Gasteiger partial charge in [0, 0.05) is 38.1 Å². The van der Waals surface area contributed by atoms with Crippen molar-refractivity contribution < 1.29 is 58.9 Å². The summed E-state index contributed by atoms with van der Waals surface area (Å²) in [5.41, 5.74) is -3.56. The van der Waals surface area contributed by atoms with E-state index in [9.17, 15) is 45.2 Å². The molecule has 2 aliphatic heterocycles. The molecule has 2 amide bonds. The van der Waals surface area contributed by atoms with Crippen molar-refractivity contribution in [3.8, 4) is 6.07 Å². The third-order valence-corrected chi connectivity index (χ3v) is 11.3. The zero-order valence-corrected chi connectivity index (χ0v) is 34.6. The number of hydrogen-bond acceptors (Lipinski definition) is 14. The molecule has 0 aliphatic carbocycles. The van der Waals surface area contributed by atoms with E-state index in [4.69, 9.17) is 18.9 Å². The molecule has 2 rings (SSSR count). The largest absolute Gasteiger partial charge is 0.465 e. The van der Waals surface area contributed by atoms with Crippen molar-refractivity contribution >= 4 is 18.0 Å². The van der Waals surface area contributed by atoms with Gasteiger partial charge >= 0.3 is 18.0 Å². The predicted molar refractivity (Wildman–Crippen MR) is 202 cm³/mol. The Morgan fingerprint density at radius 1 is 1.05 bits per heavy atom. The maximum Gasteiger partial charge on any atom is 0.325 e. The van der Waals surface area contributed by atoms with Gasteiger partial charge in [0.25, 0.3) is 0 Å². The van der Waals surface area contributed by atoms with Crippen molar-refractivity contribution in [1.82, 2.24) is 15.1 Å². The summed E-state index contributed by atoms with van der Waals surface area (Å²) in [7, 11) is 0. The van der Waals surface area contributed by atoms with Crippen LogP contribution in [-0.2, 0) is 28.5 Å². The van der Waals surface area contributed by atoms with E-state index in [2.05, 4.69) is 5.32 Å². The number of aliphatic hydroxyl groups is 5. The van der Waals surface area contributed by atoms with E-state index >= 15 is 0 Å². The Kier molecular flexibility index (Phi) is 19.2. The average molecular weight is 787 g/mol. The molecule has 0 spiro atoms. The van der Waals surface area contributed by atoms with Gasteiger partial charge < -0.3 is 54.7 Å². The summed E-state index contributed by atoms with van der Waals surface area (Å²) < 4.78 is 23.1. The number of esters is 2. The Labute approximate surface area is 327 Å². The number of nitrogens with zero attached hydrogens (tertiary/aromatic N) is 3. The molecule has 55 heavy (non-hydrogen) atoms. The highest BCUT2D eigenvalue weighted by atomic mass is 16.7. The van der Waals surface area contributed by atoms with Crippen molar-refractivity contribution in [3.63, 3.8) is 0 Å². The molecule has 2 saturated heterocycles. The van der Waals surface area contributed by atoms with Crippen LogP contribution in [-0.4, -0.2) is 153 Å². The zero-order valence-electron chi connectivity index (χ0n) is 34.6. The van der Waals surface area contributed by atoms with E-state index in [1.165, 1.54) is 18.7 Å². The highest BCUT2D eigenvalue weighted by Gasteiger charge is 2.49. The molecule has 14 atom stereocenters. The maximum absolute atomic E-state index is 13.6. The lowest BCUT2D eigenvalue weighted by atomic mass is 9.78. The first kappa shape index (κ1) is 48.5. The summed E-state index contributed by atoms with van der Waals surface area (Å²) in [6, 6.07) is 0.762. The molecule has 2 aliphatic rings. The summed E-state index contributed by atoms with van der Waals surface area (Å²) in [6.07, 6.45) is -6.10. The summed E-state index contributed by atoms with van der Waals surface area (Å²) in [6.45, 7) is 17.7. The first-order valence-electron chi connectivity index (χ1n) is 19.9. The van der Waals surface area contributed by atoms with Gasteiger partial charge in [-0.3, -0.25) is 14.5 Å². The normalized spacial score (nSPS) is 38.5. The molecular weight excluding hydrogens is 716 g/mol. The fourth-order valence-electron chi connectivity index (χ4n) is 8.09. The summed E-state index contributed by atoms with van der Waals surface area (Å²) >= 11 is 0. The van der Waals surface area contributed by atoms with Crippen LogP contribution in [0.2, 0.25) is 0 Å². The second-order valence-corrected chi connectivity index (χ2v) is 16.3. The van der Waals surface area contributed by atoms with Crippen molar-refractivity contribution in [2.24, 2.45) is 23.7 Å². The standard InChI is InChI=1S/C39H70N4O12/c1-11-29-39(10,51)33(47)28(8)43(18-14-17-42(16-13-15-40)37(49)41-21-30(44)52-12-2)22-23(3)20-38(9,50)34(26(6)32(46)27(7)35(48)54-29)55-36-31(45)24(4)19-25(5)53-36/h23-29,31-34,36,45-47,50-51H,11-14,16-22H2,1-10H3,(H,41,49)/t23-,24-,25+,26+,27-,28-,29-,31+,32+,33-,34-,36-,38-,39-/m1/s1. The first-order valence-corrected chi connectivity index (χ1v) is 19.9. The van der Waals surface area contributed by atoms with Crippen molar-refractivity contribution in [2.75, 3.05) is 39.3 Å². The van der Waals surface area contributed by atoms with Crippen molar-refractivity contribution in [3.05, 3.63) is 0 Å². The summed E-state index contributed by atoms with van der Waals surface area (Å²) in [5.74, 6) is -3.83. The van der Waals surface area contributed by atoms with Crippen LogP contribution in [0.4, 0.5) is 4.79 Å². The summed E-state index contributed by atoms with van der Waals surface area (Å²) in [5, 5.41) is 70.2. The van der Waals surface area contributed by atoms with Gasteiger partial charge in [0.1, 0.15) is 30.5 Å². The van der Waals surface area contributed by atoms with E-state index < -0.39 is 83.9 Å². The van der Waals surface area contributed by atoms with E-state index in [0.717, 1.165) is 0 Å². The maximum atomic E-state index is 13.6.